The Morgan fingerprint density at radius 1 is 1.17 bits per heavy atom. The van der Waals surface area contributed by atoms with Crippen LogP contribution in [0.1, 0.15) is 15.9 Å². The molecule has 0 aliphatic heterocycles. The molecule has 0 bridgehead atoms. The van der Waals surface area contributed by atoms with Gasteiger partial charge in [-0.15, -0.1) is 0 Å². The Balaban J connectivity index is 2.31. The van der Waals surface area contributed by atoms with Gasteiger partial charge in [-0.2, -0.15) is 0 Å². The molecule has 0 atom stereocenters. The van der Waals surface area contributed by atoms with Crippen molar-refractivity contribution in [2.45, 2.75) is 0 Å². The first-order chi connectivity index (χ1) is 11.5. The maximum Gasteiger partial charge on any atom is 0.311 e. The molecule has 24 heavy (non-hydrogen) atoms. The van der Waals surface area contributed by atoms with Gasteiger partial charge in [0.1, 0.15) is 11.5 Å². The number of aromatic hydroxyl groups is 1. The summed E-state index contributed by atoms with van der Waals surface area (Å²) in [6, 6.07) is 8.68. The third kappa shape index (κ3) is 3.70. The molecule has 0 fully saturated rings. The predicted molar refractivity (Wildman–Crippen MR) is 87.7 cm³/mol. The van der Waals surface area contributed by atoms with Gasteiger partial charge < -0.3 is 14.6 Å². The predicted octanol–water partition coefficient (Wildman–Crippen LogP) is 3.21. The number of phenols is 1. The van der Waals surface area contributed by atoms with Crippen LogP contribution < -0.4 is 9.47 Å². The van der Waals surface area contributed by atoms with Gasteiger partial charge in [-0.25, -0.2) is 0 Å². The van der Waals surface area contributed by atoms with Gasteiger partial charge in [0.2, 0.25) is 0 Å². The van der Waals surface area contributed by atoms with Gasteiger partial charge in [-0.3, -0.25) is 14.9 Å². The number of phenolic OH excluding ortho intramolecular Hbond substituents is 1. The van der Waals surface area contributed by atoms with E-state index in [9.17, 15) is 20.0 Å². The van der Waals surface area contributed by atoms with Crippen molar-refractivity contribution in [3.63, 3.8) is 0 Å². The summed E-state index contributed by atoms with van der Waals surface area (Å²) in [6.45, 7) is 0. The molecule has 0 saturated heterocycles. The van der Waals surface area contributed by atoms with Gasteiger partial charge in [0.05, 0.1) is 24.7 Å². The SMILES string of the molecule is COc1ccc(OC)c(C(=O)C=Cc2ccc(O)c([N+](=O)[O-])c2)c1. The minimum atomic E-state index is -0.695. The highest BCUT2D eigenvalue weighted by atomic mass is 16.6. The summed E-state index contributed by atoms with van der Waals surface area (Å²) in [7, 11) is 2.94. The molecule has 0 aliphatic rings. The number of ketones is 1. The Bertz CT molecular complexity index is 813. The number of methoxy groups -OCH3 is 2. The molecule has 0 amide bonds. The summed E-state index contributed by atoms with van der Waals surface area (Å²) in [6.07, 6.45) is 2.70. The van der Waals surface area contributed by atoms with E-state index in [1.54, 1.807) is 18.2 Å². The fraction of sp³-hybridized carbons (Fsp3) is 0.118. The molecule has 0 unspecified atom stereocenters. The number of nitro benzene ring substituents is 1. The molecule has 1 N–H and O–H groups in total. The molecule has 0 heterocycles. The van der Waals surface area contributed by atoms with Crippen LogP contribution >= 0.6 is 0 Å². The van der Waals surface area contributed by atoms with Crippen LogP contribution in [-0.4, -0.2) is 30.0 Å². The van der Waals surface area contributed by atoms with Gasteiger partial charge in [0.25, 0.3) is 0 Å². The van der Waals surface area contributed by atoms with Crippen molar-refractivity contribution in [2.24, 2.45) is 0 Å². The van der Waals surface area contributed by atoms with E-state index in [0.717, 1.165) is 0 Å². The lowest BCUT2D eigenvalue weighted by Gasteiger charge is -2.07. The third-order valence-corrected chi connectivity index (χ3v) is 3.30. The summed E-state index contributed by atoms with van der Waals surface area (Å²) in [5, 5.41) is 20.2. The average Bonchev–Trinajstić information content (AvgIpc) is 2.59. The molecule has 0 saturated carbocycles. The van der Waals surface area contributed by atoms with Gasteiger partial charge in [0, 0.05) is 6.07 Å². The fourth-order valence-corrected chi connectivity index (χ4v) is 2.06. The second-order valence-corrected chi connectivity index (χ2v) is 4.77. The molecule has 7 heteroatoms. The number of carbonyl (C=O) groups is 1. The van der Waals surface area contributed by atoms with Crippen LogP contribution in [0.15, 0.2) is 42.5 Å². The standard InChI is InChI=1S/C17H15NO6/c1-23-12-5-8-17(24-2)13(10-12)15(19)6-3-11-4-7-16(20)14(9-11)18(21)22/h3-10,20H,1-2H3. The lowest BCUT2D eigenvalue weighted by molar-refractivity contribution is -0.385. The highest BCUT2D eigenvalue weighted by Crippen LogP contribution is 2.28. The summed E-state index contributed by atoms with van der Waals surface area (Å²) in [5.41, 5.74) is 0.291. The zero-order chi connectivity index (χ0) is 17.7. The molecule has 0 spiro atoms. The Morgan fingerprint density at radius 3 is 2.54 bits per heavy atom. The Labute approximate surface area is 137 Å². The quantitative estimate of drug-likeness (QED) is 0.378. The summed E-state index contributed by atoms with van der Waals surface area (Å²) in [4.78, 5) is 22.5. The van der Waals surface area contributed by atoms with Crippen LogP contribution in [-0.2, 0) is 0 Å². The number of carbonyl (C=O) groups excluding carboxylic acids is 1. The monoisotopic (exact) mass is 329 g/mol. The lowest BCUT2D eigenvalue weighted by Crippen LogP contribution is -1.99. The Morgan fingerprint density at radius 2 is 1.92 bits per heavy atom. The van der Waals surface area contributed by atoms with Crippen molar-refractivity contribution in [3.8, 4) is 17.2 Å². The van der Waals surface area contributed by atoms with E-state index >= 15 is 0 Å². The summed E-state index contributed by atoms with van der Waals surface area (Å²) >= 11 is 0. The minimum Gasteiger partial charge on any atom is -0.502 e. The molecule has 124 valence electrons. The maximum absolute atomic E-state index is 12.3. The molecule has 0 radical (unpaired) electrons. The minimum absolute atomic E-state index is 0.307. The summed E-state index contributed by atoms with van der Waals surface area (Å²) in [5.74, 6) is 0.120. The number of benzene rings is 2. The van der Waals surface area contributed by atoms with E-state index in [0.29, 0.717) is 22.6 Å². The molecule has 2 aromatic rings. The lowest BCUT2D eigenvalue weighted by atomic mass is 10.1. The van der Waals surface area contributed by atoms with Gasteiger partial charge in [-0.05, 0) is 35.9 Å². The van der Waals surface area contributed by atoms with Crippen molar-refractivity contribution >= 4 is 17.5 Å². The van der Waals surface area contributed by atoms with E-state index in [1.807, 2.05) is 0 Å². The Hall–Kier alpha value is -3.35. The largest absolute Gasteiger partial charge is 0.502 e. The smallest absolute Gasteiger partial charge is 0.311 e. The number of rotatable bonds is 6. The van der Waals surface area contributed by atoms with Crippen LogP contribution in [0.2, 0.25) is 0 Å². The van der Waals surface area contributed by atoms with E-state index in [-0.39, 0.29) is 5.78 Å². The third-order valence-electron chi connectivity index (χ3n) is 3.30. The van der Waals surface area contributed by atoms with Crippen LogP contribution in [0.4, 0.5) is 5.69 Å². The first kappa shape index (κ1) is 17.0. The molecule has 0 aliphatic carbocycles. The van der Waals surface area contributed by atoms with Crippen LogP contribution in [0.3, 0.4) is 0 Å². The van der Waals surface area contributed by atoms with Gasteiger partial charge in [0.15, 0.2) is 11.5 Å². The Kier molecular flexibility index (Phi) is 5.16. The van der Waals surface area contributed by atoms with Crippen LogP contribution in [0.5, 0.6) is 17.2 Å². The zero-order valence-corrected chi connectivity index (χ0v) is 13.1. The topological polar surface area (TPSA) is 98.9 Å². The van der Waals surface area contributed by atoms with Crippen molar-refractivity contribution in [3.05, 3.63) is 63.7 Å². The van der Waals surface area contributed by atoms with Crippen molar-refractivity contribution in [2.75, 3.05) is 14.2 Å². The number of hydrogen-bond donors (Lipinski definition) is 1. The van der Waals surface area contributed by atoms with Crippen molar-refractivity contribution in [1.29, 1.82) is 0 Å². The molecule has 2 aromatic carbocycles. The molecular formula is C17H15NO6. The summed E-state index contributed by atoms with van der Waals surface area (Å²) < 4.78 is 10.2. The van der Waals surface area contributed by atoms with Crippen LogP contribution in [0, 0.1) is 10.1 Å². The van der Waals surface area contributed by atoms with E-state index < -0.39 is 16.4 Å². The average molecular weight is 329 g/mol. The second kappa shape index (κ2) is 7.28. The van der Waals surface area contributed by atoms with E-state index in [1.165, 1.54) is 44.6 Å². The van der Waals surface area contributed by atoms with E-state index in [4.69, 9.17) is 9.47 Å². The van der Waals surface area contributed by atoms with Crippen molar-refractivity contribution < 1.29 is 24.3 Å². The first-order valence-electron chi connectivity index (χ1n) is 6.88. The number of nitrogens with zero attached hydrogens (tertiary/aromatic N) is 1. The maximum atomic E-state index is 12.3. The van der Waals surface area contributed by atoms with E-state index in [2.05, 4.69) is 0 Å². The van der Waals surface area contributed by atoms with Crippen molar-refractivity contribution in [1.82, 2.24) is 0 Å². The normalized spacial score (nSPS) is 10.6. The molecule has 2 rings (SSSR count). The highest BCUT2D eigenvalue weighted by molar-refractivity contribution is 6.08. The number of hydrogen-bond acceptors (Lipinski definition) is 6. The van der Waals surface area contributed by atoms with Gasteiger partial charge >= 0.3 is 5.69 Å². The fourth-order valence-electron chi connectivity index (χ4n) is 2.06. The number of nitro groups is 1. The first-order valence-corrected chi connectivity index (χ1v) is 6.88. The molecule has 7 nitrogen and oxygen atoms in total. The molecular weight excluding hydrogens is 314 g/mol. The van der Waals surface area contributed by atoms with Crippen LogP contribution in [0.25, 0.3) is 6.08 Å². The molecule has 0 aromatic heterocycles. The number of ether oxygens (including phenoxy) is 2. The van der Waals surface area contributed by atoms with Gasteiger partial charge in [-0.1, -0.05) is 12.1 Å². The second-order valence-electron chi connectivity index (χ2n) is 4.77. The number of allylic oxidation sites excluding steroid dienone is 1. The zero-order valence-electron chi connectivity index (χ0n) is 13.1. The highest BCUT2D eigenvalue weighted by Gasteiger charge is 2.14.